The van der Waals surface area contributed by atoms with Crippen molar-refractivity contribution in [2.75, 3.05) is 31.1 Å². The molecule has 1 fully saturated rings. The van der Waals surface area contributed by atoms with Gasteiger partial charge in [0.25, 0.3) is 0 Å². The van der Waals surface area contributed by atoms with Crippen LogP contribution in [-0.4, -0.2) is 40.5 Å². The maximum Gasteiger partial charge on any atom is 0.210 e. The van der Waals surface area contributed by atoms with Crippen molar-refractivity contribution in [1.82, 2.24) is 19.7 Å². The Morgan fingerprint density at radius 1 is 1.25 bits per heavy atom. The van der Waals surface area contributed by atoms with E-state index >= 15 is 0 Å². The number of piperazine rings is 1. The number of hydrogen-bond donors (Lipinski definition) is 1. The molecule has 0 aromatic carbocycles. The number of aromatic nitrogens is 3. The van der Waals surface area contributed by atoms with Gasteiger partial charge in [0, 0.05) is 38.6 Å². The van der Waals surface area contributed by atoms with E-state index in [0.717, 1.165) is 43.3 Å². The minimum Gasteiger partial charge on any atom is -0.339 e. The molecule has 0 spiro atoms. The van der Waals surface area contributed by atoms with E-state index in [-0.39, 0.29) is 0 Å². The molecule has 1 aliphatic heterocycles. The third kappa shape index (κ3) is 1.44. The fourth-order valence-corrected chi connectivity index (χ4v) is 2.14. The molecule has 2 aromatic rings. The molecule has 0 bridgehead atoms. The average Bonchev–Trinajstić information content (AvgIpc) is 2.75. The van der Waals surface area contributed by atoms with E-state index in [1.165, 1.54) is 0 Å². The maximum absolute atomic E-state index is 4.50. The van der Waals surface area contributed by atoms with Gasteiger partial charge in [-0.15, -0.1) is 0 Å². The van der Waals surface area contributed by atoms with Crippen LogP contribution in [0.25, 0.3) is 5.52 Å². The summed E-state index contributed by atoms with van der Waals surface area (Å²) in [6, 6.07) is 0. The fraction of sp³-hybridized carbons (Fsp3) is 0.455. The largest absolute Gasteiger partial charge is 0.339 e. The summed E-state index contributed by atoms with van der Waals surface area (Å²) >= 11 is 0. The van der Waals surface area contributed by atoms with Crippen LogP contribution >= 0.6 is 0 Å². The van der Waals surface area contributed by atoms with Crippen LogP contribution in [0.1, 0.15) is 5.69 Å². The lowest BCUT2D eigenvalue weighted by atomic mass is 10.4. The lowest BCUT2D eigenvalue weighted by Crippen LogP contribution is -2.44. The van der Waals surface area contributed by atoms with Gasteiger partial charge in [0.05, 0.1) is 17.4 Å². The van der Waals surface area contributed by atoms with Gasteiger partial charge in [0.2, 0.25) is 5.95 Å². The van der Waals surface area contributed by atoms with Crippen LogP contribution in [0.2, 0.25) is 0 Å². The standard InChI is InChI=1S/C11H15N5/c1-9-10-8-14-11(16(10)7-4-13-9)15-5-2-12-3-6-15/h4,7-8,12H,2-3,5-6H2,1H3. The molecule has 2 aromatic heterocycles. The Kier molecular flexibility index (Phi) is 2.25. The first-order valence-electron chi connectivity index (χ1n) is 5.60. The van der Waals surface area contributed by atoms with Gasteiger partial charge in [-0.2, -0.15) is 0 Å². The molecular weight excluding hydrogens is 202 g/mol. The van der Waals surface area contributed by atoms with Crippen molar-refractivity contribution in [2.24, 2.45) is 0 Å². The zero-order valence-corrected chi connectivity index (χ0v) is 9.35. The highest BCUT2D eigenvalue weighted by molar-refractivity contribution is 5.56. The number of nitrogens with one attached hydrogen (secondary N) is 1. The van der Waals surface area contributed by atoms with Gasteiger partial charge in [-0.05, 0) is 6.92 Å². The molecule has 16 heavy (non-hydrogen) atoms. The molecule has 0 aliphatic carbocycles. The summed E-state index contributed by atoms with van der Waals surface area (Å²) in [5, 5.41) is 3.35. The summed E-state index contributed by atoms with van der Waals surface area (Å²) in [6.07, 6.45) is 5.71. The normalized spacial score (nSPS) is 16.9. The van der Waals surface area contributed by atoms with Crippen molar-refractivity contribution >= 4 is 11.5 Å². The quantitative estimate of drug-likeness (QED) is 0.753. The van der Waals surface area contributed by atoms with Crippen LogP contribution in [0.3, 0.4) is 0 Å². The van der Waals surface area contributed by atoms with Crippen LogP contribution < -0.4 is 10.2 Å². The highest BCUT2D eigenvalue weighted by atomic mass is 15.3. The molecule has 1 saturated heterocycles. The predicted molar refractivity (Wildman–Crippen MR) is 62.8 cm³/mol. The minimum absolute atomic E-state index is 1.01. The van der Waals surface area contributed by atoms with Crippen LogP contribution in [0, 0.1) is 6.92 Å². The van der Waals surface area contributed by atoms with E-state index in [9.17, 15) is 0 Å². The first kappa shape index (κ1) is 9.59. The number of imidazole rings is 1. The third-order valence-electron chi connectivity index (χ3n) is 3.03. The van der Waals surface area contributed by atoms with E-state index in [4.69, 9.17) is 0 Å². The molecule has 84 valence electrons. The van der Waals surface area contributed by atoms with Crippen LogP contribution in [-0.2, 0) is 0 Å². The van der Waals surface area contributed by atoms with E-state index in [2.05, 4.69) is 24.6 Å². The monoisotopic (exact) mass is 217 g/mol. The molecule has 1 N–H and O–H groups in total. The maximum atomic E-state index is 4.50. The van der Waals surface area contributed by atoms with Gasteiger partial charge in [0.1, 0.15) is 0 Å². The van der Waals surface area contributed by atoms with Gasteiger partial charge in [0.15, 0.2) is 0 Å². The highest BCUT2D eigenvalue weighted by Crippen LogP contribution is 2.17. The van der Waals surface area contributed by atoms with Gasteiger partial charge < -0.3 is 10.2 Å². The van der Waals surface area contributed by atoms with Crippen molar-refractivity contribution in [3.05, 3.63) is 24.3 Å². The Morgan fingerprint density at radius 2 is 2.06 bits per heavy atom. The molecule has 0 atom stereocenters. The highest BCUT2D eigenvalue weighted by Gasteiger charge is 2.15. The van der Waals surface area contributed by atoms with Crippen LogP contribution in [0.5, 0.6) is 0 Å². The Labute approximate surface area is 94.1 Å². The first-order chi connectivity index (χ1) is 7.86. The number of nitrogens with zero attached hydrogens (tertiary/aromatic N) is 4. The molecule has 0 amide bonds. The summed E-state index contributed by atoms with van der Waals surface area (Å²) in [4.78, 5) is 11.1. The number of anilines is 1. The van der Waals surface area contributed by atoms with E-state index in [1.54, 1.807) is 0 Å². The summed E-state index contributed by atoms with van der Waals surface area (Å²) in [5.41, 5.74) is 2.12. The zero-order valence-electron chi connectivity index (χ0n) is 9.35. The Morgan fingerprint density at radius 3 is 2.88 bits per heavy atom. The van der Waals surface area contributed by atoms with Crippen LogP contribution in [0.15, 0.2) is 18.6 Å². The van der Waals surface area contributed by atoms with Gasteiger partial charge in [-0.1, -0.05) is 0 Å². The zero-order chi connectivity index (χ0) is 11.0. The summed E-state index contributed by atoms with van der Waals surface area (Å²) in [6.45, 7) is 6.09. The summed E-state index contributed by atoms with van der Waals surface area (Å²) < 4.78 is 2.12. The lowest BCUT2D eigenvalue weighted by molar-refractivity contribution is 0.579. The molecule has 3 rings (SSSR count). The average molecular weight is 217 g/mol. The molecule has 5 nitrogen and oxygen atoms in total. The molecule has 3 heterocycles. The second-order valence-electron chi connectivity index (χ2n) is 4.06. The van der Waals surface area contributed by atoms with Gasteiger partial charge in [-0.3, -0.25) is 9.38 Å². The minimum atomic E-state index is 1.01. The van der Waals surface area contributed by atoms with Crippen molar-refractivity contribution in [1.29, 1.82) is 0 Å². The smallest absolute Gasteiger partial charge is 0.210 e. The summed E-state index contributed by atoms with van der Waals surface area (Å²) in [7, 11) is 0. The molecule has 0 unspecified atom stereocenters. The predicted octanol–water partition coefficient (Wildman–Crippen LogP) is 0.447. The molecular formula is C11H15N5. The second-order valence-corrected chi connectivity index (χ2v) is 4.06. The fourth-order valence-electron chi connectivity index (χ4n) is 2.14. The third-order valence-corrected chi connectivity index (χ3v) is 3.03. The molecule has 0 radical (unpaired) electrons. The molecule has 1 aliphatic rings. The van der Waals surface area contributed by atoms with Gasteiger partial charge >= 0.3 is 0 Å². The topological polar surface area (TPSA) is 45.5 Å². The second kappa shape index (κ2) is 3.75. The van der Waals surface area contributed by atoms with Crippen molar-refractivity contribution in [3.63, 3.8) is 0 Å². The van der Waals surface area contributed by atoms with Gasteiger partial charge in [-0.25, -0.2) is 4.98 Å². The van der Waals surface area contributed by atoms with E-state index < -0.39 is 0 Å². The van der Waals surface area contributed by atoms with Crippen LogP contribution in [0.4, 0.5) is 5.95 Å². The van der Waals surface area contributed by atoms with Crippen molar-refractivity contribution in [2.45, 2.75) is 6.92 Å². The Bertz CT molecular complexity index is 498. The molecule has 5 heteroatoms. The van der Waals surface area contributed by atoms with E-state index in [0.29, 0.717) is 0 Å². The van der Waals surface area contributed by atoms with E-state index in [1.807, 2.05) is 25.5 Å². The van der Waals surface area contributed by atoms with Crippen molar-refractivity contribution in [3.8, 4) is 0 Å². The Hall–Kier alpha value is -1.62. The number of fused-ring (bicyclic) bond motifs is 1. The SMILES string of the molecule is Cc1nccn2c(N3CCNCC3)ncc12. The number of aryl methyl sites for hydroxylation is 1. The summed E-state index contributed by atoms with van der Waals surface area (Å²) in [5.74, 6) is 1.03. The Balaban J connectivity index is 2.06. The number of hydrogen-bond acceptors (Lipinski definition) is 4. The first-order valence-corrected chi connectivity index (χ1v) is 5.60. The molecule has 0 saturated carbocycles. The lowest BCUT2D eigenvalue weighted by Gasteiger charge is -2.27. The number of rotatable bonds is 1. The van der Waals surface area contributed by atoms with Crippen molar-refractivity contribution < 1.29 is 0 Å².